The normalized spacial score (nSPS) is 12.6. The van der Waals surface area contributed by atoms with Crippen molar-refractivity contribution in [1.82, 2.24) is 4.90 Å². The topological polar surface area (TPSA) is 96.3 Å². The predicted molar refractivity (Wildman–Crippen MR) is 133 cm³/mol. The lowest BCUT2D eigenvalue weighted by molar-refractivity contribution is -0.0409. The number of rotatable bonds is 22. The average molecular weight is 484 g/mol. The van der Waals surface area contributed by atoms with Gasteiger partial charge in [0.25, 0.3) is 0 Å². The average Bonchev–Trinajstić information content (AvgIpc) is 2.75. The van der Waals surface area contributed by atoms with Gasteiger partial charge < -0.3 is 9.84 Å². The summed E-state index contributed by atoms with van der Waals surface area (Å²) in [5, 5.41) is 8.91. The summed E-state index contributed by atoms with van der Waals surface area (Å²) in [4.78, 5) is 2.05. The standard InChI is InChI=1S/C23H49NO2.CH4O4S/c1-4-5-6-7-8-9-10-11-12-13-14-15-16-17-18-19-22-26-23(2)24(3)20-21-25;1-5-6(2,3)4/h23,25H,4-22H2,1-3H3;1H3,(H,2,3,4). The molecule has 0 spiro atoms. The Balaban J connectivity index is 0. The van der Waals surface area contributed by atoms with E-state index < -0.39 is 10.4 Å². The van der Waals surface area contributed by atoms with Gasteiger partial charge in [-0.05, 0) is 20.4 Å². The summed E-state index contributed by atoms with van der Waals surface area (Å²) in [7, 11) is -1.30. The molecule has 2 N–H and O–H groups in total. The van der Waals surface area contributed by atoms with Crippen molar-refractivity contribution >= 4 is 10.4 Å². The molecule has 196 valence electrons. The molecule has 1 atom stereocenters. The van der Waals surface area contributed by atoms with Crippen molar-refractivity contribution in [3.8, 4) is 0 Å². The fourth-order valence-electron chi connectivity index (χ4n) is 3.37. The molecule has 0 aromatic rings. The molecule has 0 aliphatic carbocycles. The second kappa shape index (κ2) is 25.4. The Bertz CT molecular complexity index is 461. The Kier molecular flexibility index (Phi) is 26.9. The quantitative estimate of drug-likeness (QED) is 0.111. The fourth-order valence-corrected chi connectivity index (χ4v) is 3.37. The van der Waals surface area contributed by atoms with E-state index in [1.54, 1.807) is 0 Å². The summed E-state index contributed by atoms with van der Waals surface area (Å²) in [6, 6.07) is 0. The third-order valence-corrected chi connectivity index (χ3v) is 6.06. The molecule has 0 aromatic heterocycles. The van der Waals surface area contributed by atoms with Crippen LogP contribution in [-0.2, 0) is 19.3 Å². The number of ether oxygens (including phenoxy) is 1. The minimum absolute atomic E-state index is 0.110. The van der Waals surface area contributed by atoms with E-state index in [9.17, 15) is 8.42 Å². The molecular formula is C24H53NO6S. The summed E-state index contributed by atoms with van der Waals surface area (Å²) >= 11 is 0. The van der Waals surface area contributed by atoms with Crippen LogP contribution in [0, 0.1) is 0 Å². The number of aliphatic hydroxyl groups excluding tert-OH is 1. The van der Waals surface area contributed by atoms with Crippen molar-refractivity contribution in [2.45, 2.75) is 123 Å². The van der Waals surface area contributed by atoms with Gasteiger partial charge in [0.05, 0.1) is 13.7 Å². The number of unbranched alkanes of at least 4 members (excludes halogenated alkanes) is 15. The van der Waals surface area contributed by atoms with Gasteiger partial charge in [0, 0.05) is 13.2 Å². The molecule has 0 heterocycles. The van der Waals surface area contributed by atoms with E-state index in [1.807, 2.05) is 11.9 Å². The molecule has 1 unspecified atom stereocenters. The second-order valence-electron chi connectivity index (χ2n) is 8.57. The van der Waals surface area contributed by atoms with Crippen LogP contribution in [0.3, 0.4) is 0 Å². The third kappa shape index (κ3) is 29.8. The van der Waals surface area contributed by atoms with Gasteiger partial charge in [0.15, 0.2) is 0 Å². The van der Waals surface area contributed by atoms with Crippen molar-refractivity contribution in [3.63, 3.8) is 0 Å². The molecule has 0 aromatic carbocycles. The van der Waals surface area contributed by atoms with Gasteiger partial charge in [-0.2, -0.15) is 8.42 Å². The van der Waals surface area contributed by atoms with Gasteiger partial charge in [-0.15, -0.1) is 0 Å². The Labute approximate surface area is 199 Å². The minimum atomic E-state index is -4.16. The van der Waals surface area contributed by atoms with Gasteiger partial charge in [0.2, 0.25) is 0 Å². The monoisotopic (exact) mass is 483 g/mol. The maximum Gasteiger partial charge on any atom is 0.397 e. The largest absolute Gasteiger partial charge is 0.397 e. The first-order valence-electron chi connectivity index (χ1n) is 12.7. The summed E-state index contributed by atoms with van der Waals surface area (Å²) in [5.74, 6) is 0. The van der Waals surface area contributed by atoms with Gasteiger partial charge in [-0.3, -0.25) is 13.6 Å². The van der Waals surface area contributed by atoms with Gasteiger partial charge in [-0.25, -0.2) is 0 Å². The molecule has 0 radical (unpaired) electrons. The SMILES string of the molecule is CCCCCCCCCCCCCCCCCCOC(C)N(C)CCO.COS(=O)(=O)O. The van der Waals surface area contributed by atoms with Gasteiger partial charge in [-0.1, -0.05) is 103 Å². The number of nitrogens with zero attached hydrogens (tertiary/aromatic N) is 1. The lowest BCUT2D eigenvalue weighted by Gasteiger charge is -2.23. The van der Waals surface area contributed by atoms with Crippen LogP contribution in [0.15, 0.2) is 0 Å². The van der Waals surface area contributed by atoms with Crippen molar-refractivity contribution in [3.05, 3.63) is 0 Å². The highest BCUT2D eigenvalue weighted by molar-refractivity contribution is 7.80. The molecule has 32 heavy (non-hydrogen) atoms. The first kappa shape index (κ1) is 33.9. The first-order valence-corrected chi connectivity index (χ1v) is 14.1. The van der Waals surface area contributed by atoms with Crippen molar-refractivity contribution < 1.29 is 27.0 Å². The molecule has 0 aliphatic rings. The molecule has 0 bridgehead atoms. The molecule has 0 saturated heterocycles. The molecular weight excluding hydrogens is 430 g/mol. The number of hydrogen-bond donors (Lipinski definition) is 2. The van der Waals surface area contributed by atoms with Crippen LogP contribution in [0.25, 0.3) is 0 Å². The van der Waals surface area contributed by atoms with E-state index in [0.717, 1.165) is 20.1 Å². The van der Waals surface area contributed by atoms with Gasteiger partial charge >= 0.3 is 10.4 Å². The van der Waals surface area contributed by atoms with Crippen molar-refractivity contribution in [2.24, 2.45) is 0 Å². The van der Waals surface area contributed by atoms with Crippen molar-refractivity contribution in [1.29, 1.82) is 0 Å². The Hall–Kier alpha value is -0.250. The first-order chi connectivity index (χ1) is 15.3. The van der Waals surface area contributed by atoms with Crippen LogP contribution in [0.4, 0.5) is 0 Å². The van der Waals surface area contributed by atoms with Crippen LogP contribution >= 0.6 is 0 Å². The van der Waals surface area contributed by atoms with Crippen LogP contribution in [-0.4, -0.2) is 63.1 Å². The highest BCUT2D eigenvalue weighted by Crippen LogP contribution is 2.13. The summed E-state index contributed by atoms with van der Waals surface area (Å²) in [5.41, 5.74) is 0. The van der Waals surface area contributed by atoms with Crippen LogP contribution < -0.4 is 0 Å². The predicted octanol–water partition coefficient (Wildman–Crippen LogP) is 5.97. The summed E-state index contributed by atoms with van der Waals surface area (Å²) < 4.78 is 35.5. The van der Waals surface area contributed by atoms with E-state index in [1.165, 1.54) is 96.3 Å². The summed E-state index contributed by atoms with van der Waals surface area (Å²) in [6.07, 6.45) is 22.5. The molecule has 0 amide bonds. The highest BCUT2D eigenvalue weighted by atomic mass is 32.3. The number of likely N-dealkylation sites (N-methyl/N-ethyl adjacent to an activating group) is 1. The smallest absolute Gasteiger partial charge is 0.395 e. The van der Waals surface area contributed by atoms with E-state index in [0.29, 0.717) is 6.54 Å². The second-order valence-corrected chi connectivity index (χ2v) is 9.76. The molecule has 0 rings (SSSR count). The lowest BCUT2D eigenvalue weighted by Crippen LogP contribution is -2.33. The number of aliphatic hydroxyl groups is 1. The molecule has 0 fully saturated rings. The van der Waals surface area contributed by atoms with E-state index in [2.05, 4.69) is 18.0 Å². The zero-order valence-corrected chi connectivity index (χ0v) is 22.2. The maximum atomic E-state index is 9.33. The van der Waals surface area contributed by atoms with E-state index in [4.69, 9.17) is 14.4 Å². The molecule has 8 heteroatoms. The van der Waals surface area contributed by atoms with Crippen LogP contribution in [0.1, 0.15) is 117 Å². The third-order valence-electron chi connectivity index (χ3n) is 5.64. The number of hydrogen-bond acceptors (Lipinski definition) is 6. The van der Waals surface area contributed by atoms with Crippen LogP contribution in [0.5, 0.6) is 0 Å². The van der Waals surface area contributed by atoms with Gasteiger partial charge in [0.1, 0.15) is 6.23 Å². The van der Waals surface area contributed by atoms with Crippen LogP contribution in [0.2, 0.25) is 0 Å². The Morgan fingerprint density at radius 1 is 0.781 bits per heavy atom. The van der Waals surface area contributed by atoms with E-state index in [-0.39, 0.29) is 12.8 Å². The summed E-state index contributed by atoms with van der Waals surface area (Å²) in [6.45, 7) is 6.07. The highest BCUT2D eigenvalue weighted by Gasteiger charge is 2.07. The van der Waals surface area contributed by atoms with E-state index >= 15 is 0 Å². The molecule has 0 saturated carbocycles. The minimum Gasteiger partial charge on any atom is -0.395 e. The Morgan fingerprint density at radius 3 is 1.44 bits per heavy atom. The zero-order chi connectivity index (χ0) is 24.5. The molecule has 7 nitrogen and oxygen atoms in total. The zero-order valence-electron chi connectivity index (χ0n) is 21.4. The maximum absolute atomic E-state index is 9.33. The van der Waals surface area contributed by atoms with Crippen molar-refractivity contribution in [2.75, 3.05) is 33.9 Å². The fraction of sp³-hybridized carbons (Fsp3) is 1.00. The molecule has 0 aliphatic heterocycles. The Morgan fingerprint density at radius 2 is 1.12 bits per heavy atom. The lowest BCUT2D eigenvalue weighted by atomic mass is 10.0.